The number of hydrogen-bond acceptors (Lipinski definition) is 3. The fourth-order valence-corrected chi connectivity index (χ4v) is 3.64. The van der Waals surface area contributed by atoms with E-state index < -0.39 is 0 Å². The lowest BCUT2D eigenvalue weighted by atomic mass is 10.0. The molecule has 1 saturated heterocycles. The van der Waals surface area contributed by atoms with Crippen molar-refractivity contribution in [3.63, 3.8) is 0 Å². The maximum atomic E-state index is 4.96. The Balaban J connectivity index is 1.86. The van der Waals surface area contributed by atoms with E-state index in [0.717, 1.165) is 24.3 Å². The van der Waals surface area contributed by atoms with Crippen LogP contribution in [0.15, 0.2) is 54.6 Å². The molecule has 0 radical (unpaired) electrons. The zero-order valence-electron chi connectivity index (χ0n) is 15.1. The summed E-state index contributed by atoms with van der Waals surface area (Å²) in [6.45, 7) is 2.29. The first-order chi connectivity index (χ1) is 12.2. The first-order valence-electron chi connectivity index (χ1n) is 9.15. The Bertz CT molecular complexity index is 879. The van der Waals surface area contributed by atoms with Crippen molar-refractivity contribution >= 4 is 22.3 Å². The zero-order valence-corrected chi connectivity index (χ0v) is 15.1. The highest BCUT2D eigenvalue weighted by Gasteiger charge is 2.16. The molecule has 0 bridgehead atoms. The number of nitrogens with zero attached hydrogens (tertiary/aromatic N) is 3. The Morgan fingerprint density at radius 1 is 0.880 bits per heavy atom. The minimum absolute atomic E-state index is 1.06. The fraction of sp³-hybridized carbons (Fsp3) is 0.318. The lowest BCUT2D eigenvalue weighted by Gasteiger charge is -2.30. The van der Waals surface area contributed by atoms with E-state index in [1.807, 2.05) is 0 Å². The third-order valence-corrected chi connectivity index (χ3v) is 5.05. The summed E-state index contributed by atoms with van der Waals surface area (Å²) in [6, 6.07) is 19.4. The van der Waals surface area contributed by atoms with E-state index in [0.29, 0.717) is 0 Å². The number of piperidine rings is 1. The number of fused-ring (bicyclic) bond motifs is 1. The van der Waals surface area contributed by atoms with Gasteiger partial charge in [-0.3, -0.25) is 0 Å². The predicted octanol–water partition coefficient (Wildman–Crippen LogP) is 4.96. The van der Waals surface area contributed by atoms with Crippen LogP contribution in [-0.4, -0.2) is 32.2 Å². The van der Waals surface area contributed by atoms with Crippen LogP contribution in [-0.2, 0) is 0 Å². The SMILES string of the molecule is CN(C)c1cccc(-c2cc(N3CCCCC3)c3ccccc3n2)c1. The molecule has 0 aliphatic carbocycles. The second-order valence-electron chi connectivity index (χ2n) is 7.04. The van der Waals surface area contributed by atoms with Gasteiger partial charge in [0.15, 0.2) is 0 Å². The summed E-state index contributed by atoms with van der Waals surface area (Å²) in [5.41, 5.74) is 5.84. The second-order valence-corrected chi connectivity index (χ2v) is 7.04. The van der Waals surface area contributed by atoms with Gasteiger partial charge in [-0.2, -0.15) is 0 Å². The van der Waals surface area contributed by atoms with Gasteiger partial charge in [-0.1, -0.05) is 30.3 Å². The maximum absolute atomic E-state index is 4.96. The van der Waals surface area contributed by atoms with Crippen LogP contribution in [0.2, 0.25) is 0 Å². The molecule has 1 aromatic heterocycles. The van der Waals surface area contributed by atoms with Gasteiger partial charge in [-0.05, 0) is 43.5 Å². The number of aromatic nitrogens is 1. The maximum Gasteiger partial charge on any atom is 0.0731 e. The van der Waals surface area contributed by atoms with Gasteiger partial charge in [-0.15, -0.1) is 0 Å². The average Bonchev–Trinajstić information content (AvgIpc) is 2.68. The van der Waals surface area contributed by atoms with Crippen LogP contribution < -0.4 is 9.80 Å². The van der Waals surface area contributed by atoms with Gasteiger partial charge in [0, 0.05) is 49.5 Å². The summed E-state index contributed by atoms with van der Waals surface area (Å²) < 4.78 is 0. The minimum atomic E-state index is 1.06. The first kappa shape index (κ1) is 15.9. The molecule has 0 saturated carbocycles. The second kappa shape index (κ2) is 6.75. The number of hydrogen-bond donors (Lipinski definition) is 0. The van der Waals surface area contributed by atoms with Crippen LogP contribution >= 0.6 is 0 Å². The Morgan fingerprint density at radius 3 is 2.48 bits per heavy atom. The van der Waals surface area contributed by atoms with Crippen molar-refractivity contribution in [3.8, 4) is 11.3 Å². The van der Waals surface area contributed by atoms with Crippen molar-refractivity contribution in [1.82, 2.24) is 4.98 Å². The van der Waals surface area contributed by atoms with Crippen molar-refractivity contribution in [2.24, 2.45) is 0 Å². The van der Waals surface area contributed by atoms with Crippen LogP contribution in [0.3, 0.4) is 0 Å². The summed E-state index contributed by atoms with van der Waals surface area (Å²) in [6.07, 6.45) is 3.90. The van der Waals surface area contributed by atoms with Crippen LogP contribution in [0.4, 0.5) is 11.4 Å². The monoisotopic (exact) mass is 331 g/mol. The molecule has 3 heteroatoms. The molecule has 1 fully saturated rings. The molecule has 1 aliphatic heterocycles. The third kappa shape index (κ3) is 3.19. The normalized spacial score (nSPS) is 14.7. The third-order valence-electron chi connectivity index (χ3n) is 5.05. The number of rotatable bonds is 3. The molecule has 2 aromatic carbocycles. The molecule has 0 unspecified atom stereocenters. The number of benzene rings is 2. The molecule has 0 atom stereocenters. The van der Waals surface area contributed by atoms with Gasteiger partial charge < -0.3 is 9.80 Å². The Hall–Kier alpha value is -2.55. The van der Waals surface area contributed by atoms with E-state index in [-0.39, 0.29) is 0 Å². The highest BCUT2D eigenvalue weighted by atomic mass is 15.1. The largest absolute Gasteiger partial charge is 0.378 e. The highest BCUT2D eigenvalue weighted by Crippen LogP contribution is 2.33. The molecule has 25 heavy (non-hydrogen) atoms. The zero-order chi connectivity index (χ0) is 17.2. The highest BCUT2D eigenvalue weighted by molar-refractivity contribution is 5.94. The van der Waals surface area contributed by atoms with E-state index in [4.69, 9.17) is 4.98 Å². The van der Waals surface area contributed by atoms with E-state index >= 15 is 0 Å². The van der Waals surface area contributed by atoms with Gasteiger partial charge in [0.2, 0.25) is 0 Å². The molecule has 1 aliphatic rings. The van der Waals surface area contributed by atoms with Gasteiger partial charge in [0.05, 0.1) is 11.2 Å². The Labute approximate surface area is 149 Å². The lowest BCUT2D eigenvalue weighted by Crippen LogP contribution is -2.29. The van der Waals surface area contributed by atoms with E-state index in [1.54, 1.807) is 0 Å². The van der Waals surface area contributed by atoms with Crippen molar-refractivity contribution in [1.29, 1.82) is 0 Å². The topological polar surface area (TPSA) is 19.4 Å². The molecule has 0 amide bonds. The van der Waals surface area contributed by atoms with Crippen LogP contribution in [0, 0.1) is 0 Å². The molecular formula is C22H25N3. The fourth-order valence-electron chi connectivity index (χ4n) is 3.64. The summed E-state index contributed by atoms with van der Waals surface area (Å²) in [5.74, 6) is 0. The number of pyridine rings is 1. The van der Waals surface area contributed by atoms with Gasteiger partial charge >= 0.3 is 0 Å². The van der Waals surface area contributed by atoms with Gasteiger partial charge in [0.1, 0.15) is 0 Å². The Kier molecular flexibility index (Phi) is 4.31. The summed E-state index contributed by atoms with van der Waals surface area (Å²) >= 11 is 0. The van der Waals surface area contributed by atoms with Crippen molar-refractivity contribution in [2.75, 3.05) is 37.0 Å². The molecule has 0 spiro atoms. The van der Waals surface area contributed by atoms with E-state index in [9.17, 15) is 0 Å². The van der Waals surface area contributed by atoms with Crippen molar-refractivity contribution < 1.29 is 0 Å². The molecule has 0 N–H and O–H groups in total. The molecule has 4 rings (SSSR count). The Morgan fingerprint density at radius 2 is 1.68 bits per heavy atom. The number of para-hydroxylation sites is 1. The number of anilines is 2. The standard InChI is InChI=1S/C22H25N3/c1-24(2)18-10-8-9-17(15-18)21-16-22(25-13-6-3-7-14-25)19-11-4-5-12-20(19)23-21/h4-5,8-12,15-16H,3,6-7,13-14H2,1-2H3. The van der Waals surface area contributed by atoms with Crippen LogP contribution in [0.25, 0.3) is 22.2 Å². The minimum Gasteiger partial charge on any atom is -0.378 e. The van der Waals surface area contributed by atoms with E-state index in [2.05, 4.69) is 78.5 Å². The van der Waals surface area contributed by atoms with Crippen molar-refractivity contribution in [3.05, 3.63) is 54.6 Å². The van der Waals surface area contributed by atoms with E-state index in [1.165, 1.54) is 41.6 Å². The molecule has 3 nitrogen and oxygen atoms in total. The van der Waals surface area contributed by atoms with Crippen LogP contribution in [0.5, 0.6) is 0 Å². The van der Waals surface area contributed by atoms with Gasteiger partial charge in [0.25, 0.3) is 0 Å². The molecule has 3 aromatic rings. The molecular weight excluding hydrogens is 306 g/mol. The lowest BCUT2D eigenvalue weighted by molar-refractivity contribution is 0.579. The summed E-state index contributed by atoms with van der Waals surface area (Å²) in [7, 11) is 4.15. The molecule has 128 valence electrons. The van der Waals surface area contributed by atoms with Gasteiger partial charge in [-0.25, -0.2) is 4.98 Å². The quantitative estimate of drug-likeness (QED) is 0.676. The van der Waals surface area contributed by atoms with Crippen molar-refractivity contribution in [2.45, 2.75) is 19.3 Å². The first-order valence-corrected chi connectivity index (χ1v) is 9.15. The summed E-state index contributed by atoms with van der Waals surface area (Å²) in [4.78, 5) is 9.63. The van der Waals surface area contributed by atoms with Crippen LogP contribution in [0.1, 0.15) is 19.3 Å². The molecule has 2 heterocycles. The average molecular weight is 331 g/mol. The smallest absolute Gasteiger partial charge is 0.0731 e. The summed E-state index contributed by atoms with van der Waals surface area (Å²) in [5, 5.41) is 1.26. The predicted molar refractivity (Wildman–Crippen MR) is 108 cm³/mol.